The van der Waals surface area contributed by atoms with E-state index in [0.717, 1.165) is 37.2 Å². The van der Waals surface area contributed by atoms with Crippen molar-refractivity contribution in [3.05, 3.63) is 33.9 Å². The van der Waals surface area contributed by atoms with Gasteiger partial charge in [-0.25, -0.2) is 0 Å². The van der Waals surface area contributed by atoms with E-state index in [1.165, 1.54) is 27.8 Å². The average Bonchev–Trinajstić information content (AvgIpc) is 2.55. The zero-order valence-corrected chi connectivity index (χ0v) is 21.2. The first-order chi connectivity index (χ1) is 12.7. The fourth-order valence-electron chi connectivity index (χ4n) is 3.69. The molecule has 1 aliphatic heterocycles. The maximum atomic E-state index is 6.79. The van der Waals surface area contributed by atoms with E-state index in [0.29, 0.717) is 0 Å². The zero-order valence-electron chi connectivity index (χ0n) is 20.2. The highest BCUT2D eigenvalue weighted by atomic mass is 28.4. The van der Waals surface area contributed by atoms with Crippen LogP contribution in [0.25, 0.3) is 0 Å². The van der Waals surface area contributed by atoms with Crippen molar-refractivity contribution in [3.63, 3.8) is 0 Å². The third-order valence-corrected chi connectivity index (χ3v) is 11.3. The molecule has 2 rings (SSSR count). The third-order valence-electron chi connectivity index (χ3n) is 6.95. The summed E-state index contributed by atoms with van der Waals surface area (Å²) in [7, 11) is -1.88. The maximum Gasteiger partial charge on any atom is 0.250 e. The second kappa shape index (κ2) is 7.89. The normalized spacial score (nSPS) is 19.7. The van der Waals surface area contributed by atoms with E-state index in [4.69, 9.17) is 9.16 Å². The fourth-order valence-corrected chi connectivity index (χ4v) is 4.81. The summed E-state index contributed by atoms with van der Waals surface area (Å²) in [6.45, 7) is 24.8. The standard InChI is InChI=1S/C25H42O2Si/c1-17(2)13-12-15-25(9)16-14-21-20(5)22(18(3)19(4)23(21)26-25)27-28(10,11)24(6,7)8/h13H,12,14-16H2,1-11H3/t25-/m0/s1. The SMILES string of the molecule is CC(C)=CCC[C@@]1(C)CCc2c(C)c(O[Si](C)(C)C(C)(C)C)c(C)c(C)c2O1. The molecule has 3 heteroatoms. The van der Waals surface area contributed by atoms with Crippen LogP contribution in [0.4, 0.5) is 0 Å². The number of hydrogen-bond donors (Lipinski definition) is 0. The van der Waals surface area contributed by atoms with Crippen LogP contribution < -0.4 is 9.16 Å². The maximum absolute atomic E-state index is 6.79. The summed E-state index contributed by atoms with van der Waals surface area (Å²) < 4.78 is 13.5. The van der Waals surface area contributed by atoms with Crippen LogP contribution in [0.5, 0.6) is 11.5 Å². The Labute approximate surface area is 174 Å². The molecule has 0 N–H and O–H groups in total. The summed E-state index contributed by atoms with van der Waals surface area (Å²) >= 11 is 0. The monoisotopic (exact) mass is 402 g/mol. The minimum atomic E-state index is -1.88. The van der Waals surface area contributed by atoms with E-state index in [1.54, 1.807) is 0 Å². The van der Waals surface area contributed by atoms with Gasteiger partial charge in [-0.3, -0.25) is 0 Å². The van der Waals surface area contributed by atoms with E-state index in [9.17, 15) is 0 Å². The van der Waals surface area contributed by atoms with Crippen LogP contribution in [0.3, 0.4) is 0 Å². The molecule has 1 atom stereocenters. The molecule has 2 nitrogen and oxygen atoms in total. The summed E-state index contributed by atoms with van der Waals surface area (Å²) in [5, 5.41) is 0.190. The summed E-state index contributed by atoms with van der Waals surface area (Å²) in [6, 6.07) is 0. The highest BCUT2D eigenvalue weighted by Crippen LogP contribution is 2.47. The quantitative estimate of drug-likeness (QED) is 0.369. The van der Waals surface area contributed by atoms with E-state index >= 15 is 0 Å². The van der Waals surface area contributed by atoms with Crippen molar-refractivity contribution in [1.82, 2.24) is 0 Å². The third kappa shape index (κ3) is 4.67. The topological polar surface area (TPSA) is 18.5 Å². The number of benzene rings is 1. The molecular formula is C25H42O2Si. The van der Waals surface area contributed by atoms with Crippen molar-refractivity contribution in [2.75, 3.05) is 0 Å². The molecular weight excluding hydrogens is 360 g/mol. The lowest BCUT2D eigenvalue weighted by Gasteiger charge is -2.41. The number of ether oxygens (including phenoxy) is 1. The Bertz CT molecular complexity index is 764. The Morgan fingerprint density at radius 3 is 2.25 bits per heavy atom. The second-order valence-electron chi connectivity index (χ2n) is 10.7. The largest absolute Gasteiger partial charge is 0.543 e. The molecule has 0 saturated heterocycles. The number of allylic oxidation sites excluding steroid dienone is 2. The Morgan fingerprint density at radius 1 is 1.11 bits per heavy atom. The number of fused-ring (bicyclic) bond motifs is 1. The minimum Gasteiger partial charge on any atom is -0.543 e. The Morgan fingerprint density at radius 2 is 1.71 bits per heavy atom. The van der Waals surface area contributed by atoms with Crippen molar-refractivity contribution < 1.29 is 9.16 Å². The van der Waals surface area contributed by atoms with Gasteiger partial charge < -0.3 is 9.16 Å². The lowest BCUT2D eigenvalue weighted by molar-refractivity contribution is 0.0559. The molecule has 0 aliphatic carbocycles. The van der Waals surface area contributed by atoms with Crippen molar-refractivity contribution in [2.45, 2.75) is 112 Å². The zero-order chi connectivity index (χ0) is 21.5. The minimum absolute atomic E-state index is 0.0790. The molecule has 0 saturated carbocycles. The smallest absolute Gasteiger partial charge is 0.250 e. The molecule has 1 heterocycles. The molecule has 1 aromatic rings. The number of hydrogen-bond acceptors (Lipinski definition) is 2. The number of rotatable bonds is 5. The van der Waals surface area contributed by atoms with Gasteiger partial charge in [0.1, 0.15) is 17.1 Å². The highest BCUT2D eigenvalue weighted by molar-refractivity contribution is 6.74. The molecule has 1 aromatic carbocycles. The van der Waals surface area contributed by atoms with Crippen molar-refractivity contribution in [3.8, 4) is 11.5 Å². The molecule has 28 heavy (non-hydrogen) atoms. The van der Waals surface area contributed by atoms with E-state index < -0.39 is 8.32 Å². The fraction of sp³-hybridized carbons (Fsp3) is 0.680. The van der Waals surface area contributed by atoms with E-state index in [-0.39, 0.29) is 10.6 Å². The Hall–Kier alpha value is -1.22. The van der Waals surface area contributed by atoms with Gasteiger partial charge in [0.2, 0.25) is 0 Å². The van der Waals surface area contributed by atoms with Crippen LogP contribution in [0.2, 0.25) is 18.1 Å². The lowest BCUT2D eigenvalue weighted by atomic mass is 9.85. The first-order valence-corrected chi connectivity index (χ1v) is 13.7. The molecule has 0 bridgehead atoms. The Kier molecular flexibility index (Phi) is 6.50. The summed E-state index contributed by atoms with van der Waals surface area (Å²) in [5.74, 6) is 2.23. The van der Waals surface area contributed by atoms with Gasteiger partial charge in [-0.15, -0.1) is 0 Å². The van der Waals surface area contributed by atoms with Crippen LogP contribution in [0, 0.1) is 20.8 Å². The van der Waals surface area contributed by atoms with Gasteiger partial charge in [0.25, 0.3) is 8.32 Å². The van der Waals surface area contributed by atoms with E-state index in [1.807, 2.05) is 0 Å². The van der Waals surface area contributed by atoms with Crippen LogP contribution >= 0.6 is 0 Å². The highest BCUT2D eigenvalue weighted by Gasteiger charge is 2.41. The van der Waals surface area contributed by atoms with Crippen LogP contribution in [-0.4, -0.2) is 13.9 Å². The summed E-state index contributed by atoms with van der Waals surface area (Å²) in [4.78, 5) is 0. The molecule has 158 valence electrons. The van der Waals surface area contributed by atoms with Crippen LogP contribution in [0.1, 0.15) is 83.1 Å². The second-order valence-corrected chi connectivity index (χ2v) is 15.5. The van der Waals surface area contributed by atoms with Gasteiger partial charge in [-0.2, -0.15) is 0 Å². The molecule has 0 radical (unpaired) electrons. The molecule has 0 unspecified atom stereocenters. The molecule has 0 fully saturated rings. The molecule has 0 amide bonds. The van der Waals surface area contributed by atoms with Gasteiger partial charge in [0.15, 0.2) is 0 Å². The lowest BCUT2D eigenvalue weighted by Crippen LogP contribution is -2.44. The first-order valence-electron chi connectivity index (χ1n) is 10.8. The van der Waals surface area contributed by atoms with Crippen molar-refractivity contribution in [2.24, 2.45) is 0 Å². The van der Waals surface area contributed by atoms with Gasteiger partial charge in [-0.05, 0) is 102 Å². The molecule has 0 spiro atoms. The van der Waals surface area contributed by atoms with E-state index in [2.05, 4.69) is 81.5 Å². The Balaban J connectivity index is 2.39. The van der Waals surface area contributed by atoms with Crippen LogP contribution in [0.15, 0.2) is 11.6 Å². The van der Waals surface area contributed by atoms with Crippen molar-refractivity contribution >= 4 is 8.32 Å². The van der Waals surface area contributed by atoms with Crippen LogP contribution in [-0.2, 0) is 6.42 Å². The van der Waals surface area contributed by atoms with Gasteiger partial charge in [-0.1, -0.05) is 32.4 Å². The van der Waals surface area contributed by atoms with Gasteiger partial charge in [0.05, 0.1) is 0 Å². The average molecular weight is 403 g/mol. The summed E-state index contributed by atoms with van der Waals surface area (Å²) in [6.07, 6.45) is 6.61. The molecule has 0 aromatic heterocycles. The van der Waals surface area contributed by atoms with Gasteiger partial charge in [0, 0.05) is 5.56 Å². The predicted molar refractivity (Wildman–Crippen MR) is 124 cm³/mol. The first kappa shape index (κ1) is 23.1. The van der Waals surface area contributed by atoms with Gasteiger partial charge >= 0.3 is 0 Å². The predicted octanol–water partition coefficient (Wildman–Crippen LogP) is 7.83. The van der Waals surface area contributed by atoms with Crippen molar-refractivity contribution in [1.29, 1.82) is 0 Å². The summed E-state index contributed by atoms with van der Waals surface area (Å²) in [5.41, 5.74) is 6.45. The molecule has 1 aliphatic rings.